The molecule has 5 heteroatoms. The Morgan fingerprint density at radius 3 is 2.00 bits per heavy atom. The molecule has 1 aliphatic carbocycles. The molecule has 1 aliphatic rings. The van der Waals surface area contributed by atoms with E-state index >= 15 is 0 Å². The van der Waals surface area contributed by atoms with Gasteiger partial charge in [-0.2, -0.15) is 0 Å². The van der Waals surface area contributed by atoms with Crippen LogP contribution in [0, 0.1) is 5.92 Å². The van der Waals surface area contributed by atoms with Gasteiger partial charge in [0, 0.05) is 0 Å². The van der Waals surface area contributed by atoms with Crippen molar-refractivity contribution in [3.05, 3.63) is 24.3 Å². The van der Waals surface area contributed by atoms with Gasteiger partial charge in [-0.1, -0.05) is 0 Å². The Bertz CT molecular complexity index is 264. The van der Waals surface area contributed by atoms with Crippen LogP contribution < -0.4 is 0 Å². The van der Waals surface area contributed by atoms with E-state index in [2.05, 4.69) is 34.1 Å². The molecule has 0 saturated heterocycles. The fourth-order valence-corrected chi connectivity index (χ4v) is 6.54. The van der Waals surface area contributed by atoms with Crippen molar-refractivity contribution in [3.63, 3.8) is 0 Å². The number of halogens is 1. The van der Waals surface area contributed by atoms with Crippen LogP contribution in [0.1, 0.15) is 12.8 Å². The Hall–Kier alpha value is 0.440. The van der Waals surface area contributed by atoms with Crippen molar-refractivity contribution >= 4 is 26.7 Å². The van der Waals surface area contributed by atoms with E-state index in [1.807, 2.05) is 0 Å². The minimum absolute atomic E-state index is 0.544. The summed E-state index contributed by atoms with van der Waals surface area (Å²) in [6, 6.07) is 0. The molecule has 0 spiro atoms. The van der Waals surface area contributed by atoms with Gasteiger partial charge < -0.3 is 0 Å². The molecule has 1 rings (SSSR count). The summed E-state index contributed by atoms with van der Waals surface area (Å²) in [5.74, 6) is 0.544. The molecule has 0 aromatic rings. The van der Waals surface area contributed by atoms with Crippen LogP contribution >= 0.6 is 26.7 Å². The van der Waals surface area contributed by atoms with Crippen LogP contribution in [0.15, 0.2) is 24.3 Å². The van der Waals surface area contributed by atoms with Gasteiger partial charge in [-0.15, -0.1) is 0 Å². The first kappa shape index (κ1) is 14.5. The van der Waals surface area contributed by atoms with Crippen molar-refractivity contribution in [2.24, 2.45) is 5.92 Å². The van der Waals surface area contributed by atoms with E-state index in [1.165, 1.54) is 0 Å². The average molecular weight is 360 g/mol. The third-order valence-corrected chi connectivity index (χ3v) is 14.4. The van der Waals surface area contributed by atoms with Gasteiger partial charge in [0.15, 0.2) is 0 Å². The second kappa shape index (κ2) is 5.86. The van der Waals surface area contributed by atoms with E-state index in [0.717, 1.165) is 17.3 Å². The summed E-state index contributed by atoms with van der Waals surface area (Å²) in [6.45, 7) is 0. The zero-order valence-electron chi connectivity index (χ0n) is 10.1. The summed E-state index contributed by atoms with van der Waals surface area (Å²) >= 11 is -3.75. The molecule has 16 heavy (non-hydrogen) atoms. The maximum absolute atomic E-state index is 5.46. The van der Waals surface area contributed by atoms with Crippen LogP contribution in [0.25, 0.3) is 0 Å². The third-order valence-electron chi connectivity index (χ3n) is 2.73. The molecule has 0 fully saturated rings. The first-order chi connectivity index (χ1) is 7.56. The molecule has 96 valence electrons. The van der Waals surface area contributed by atoms with E-state index in [1.54, 1.807) is 21.3 Å². The first-order valence-corrected chi connectivity index (χ1v) is 12.6. The van der Waals surface area contributed by atoms with Crippen molar-refractivity contribution < 1.29 is 9.20 Å². The van der Waals surface area contributed by atoms with Gasteiger partial charge in [-0.25, -0.2) is 0 Å². The molecule has 0 aromatic heterocycles. The van der Waals surface area contributed by atoms with Gasteiger partial charge >= 0.3 is 105 Å². The molecule has 0 radical (unpaired) electrons. The van der Waals surface area contributed by atoms with Gasteiger partial charge in [-0.05, 0) is 0 Å². The molecule has 0 heterocycles. The SMILES string of the molecule is COI(S)(CCCC1C=CC=C1)(OC)OC. The van der Waals surface area contributed by atoms with E-state index in [9.17, 15) is 0 Å². The van der Waals surface area contributed by atoms with Crippen molar-refractivity contribution in [2.45, 2.75) is 12.8 Å². The molecule has 0 saturated carbocycles. The van der Waals surface area contributed by atoms with Crippen LogP contribution in [0.2, 0.25) is 0 Å². The fourth-order valence-electron chi connectivity index (χ4n) is 1.63. The van der Waals surface area contributed by atoms with Crippen molar-refractivity contribution in [2.75, 3.05) is 25.8 Å². The predicted molar refractivity (Wildman–Crippen MR) is 79.9 cm³/mol. The first-order valence-electron chi connectivity index (χ1n) is 5.20. The summed E-state index contributed by atoms with van der Waals surface area (Å²) in [4.78, 5) is 0. The quantitative estimate of drug-likeness (QED) is 0.427. The Morgan fingerprint density at radius 2 is 1.56 bits per heavy atom. The van der Waals surface area contributed by atoms with E-state index < -0.39 is 16.9 Å². The van der Waals surface area contributed by atoms with E-state index in [0.29, 0.717) is 5.92 Å². The molecule has 0 bridgehead atoms. The Labute approximate surface area is 104 Å². The van der Waals surface area contributed by atoms with Gasteiger partial charge in [0.25, 0.3) is 0 Å². The fraction of sp³-hybridized carbons (Fsp3) is 0.636. The zero-order valence-corrected chi connectivity index (χ0v) is 13.1. The number of alkyl halides is 1. The number of rotatable bonds is 7. The molecule has 0 N–H and O–H groups in total. The monoisotopic (exact) mass is 360 g/mol. The molecule has 0 aliphatic heterocycles. The molecule has 0 atom stereocenters. The Morgan fingerprint density at radius 1 is 1.06 bits per heavy atom. The van der Waals surface area contributed by atoms with Crippen LogP contribution in [-0.2, 0) is 9.20 Å². The molecule has 0 amide bonds. The molecular weight excluding hydrogens is 339 g/mol. The van der Waals surface area contributed by atoms with Crippen molar-refractivity contribution in [1.29, 1.82) is 0 Å². The standard InChI is InChI=1S/C11H21IO3S/c1-13-12(16,14-2,15-3)10-6-9-11-7-4-5-8-11/h4-5,7-8,11,16H,6,9-10H2,1-3H3. The van der Waals surface area contributed by atoms with Crippen LogP contribution in [0.4, 0.5) is 0 Å². The van der Waals surface area contributed by atoms with Crippen molar-refractivity contribution in [3.8, 4) is 0 Å². The minimum atomic E-state index is -3.75. The maximum atomic E-state index is 5.46. The Balaban J connectivity index is 2.44. The van der Waals surface area contributed by atoms with Crippen LogP contribution in [-0.4, -0.2) is 25.8 Å². The second-order valence-electron chi connectivity index (χ2n) is 3.57. The van der Waals surface area contributed by atoms with Gasteiger partial charge in [-0.3, -0.25) is 0 Å². The summed E-state index contributed by atoms with van der Waals surface area (Å²) in [6.07, 6.45) is 10.6. The Kier molecular flexibility index (Phi) is 5.31. The normalized spacial score (nSPS) is 18.9. The molecule has 0 unspecified atom stereocenters. The van der Waals surface area contributed by atoms with Gasteiger partial charge in [0.1, 0.15) is 0 Å². The zero-order chi connectivity index (χ0) is 12.1. The summed E-state index contributed by atoms with van der Waals surface area (Å²) in [5.41, 5.74) is 0. The number of hydrogen-bond acceptors (Lipinski definition) is 4. The second-order valence-corrected chi connectivity index (χ2v) is 16.5. The van der Waals surface area contributed by atoms with Crippen LogP contribution in [0.3, 0.4) is 0 Å². The predicted octanol–water partition coefficient (Wildman–Crippen LogP) is 3.62. The number of hydrogen-bond donors (Lipinski definition) is 1. The van der Waals surface area contributed by atoms with Crippen LogP contribution in [0.5, 0.6) is 0 Å². The molecule has 0 aromatic carbocycles. The molecule has 3 nitrogen and oxygen atoms in total. The third kappa shape index (κ3) is 3.46. The number of allylic oxidation sites excluding steroid dienone is 4. The average Bonchev–Trinajstić information content (AvgIpc) is 2.82. The van der Waals surface area contributed by atoms with Crippen molar-refractivity contribution in [1.82, 2.24) is 0 Å². The van der Waals surface area contributed by atoms with Gasteiger partial charge in [0.2, 0.25) is 0 Å². The molecular formula is C11H21IO3S. The summed E-state index contributed by atoms with van der Waals surface area (Å²) in [7, 11) is 9.41. The topological polar surface area (TPSA) is 27.7 Å². The summed E-state index contributed by atoms with van der Waals surface area (Å²) in [5, 5.41) is 0. The van der Waals surface area contributed by atoms with Gasteiger partial charge in [0.05, 0.1) is 0 Å². The number of thiol groups is 1. The van der Waals surface area contributed by atoms with E-state index in [-0.39, 0.29) is 0 Å². The summed E-state index contributed by atoms with van der Waals surface area (Å²) < 4.78 is 17.1. The van der Waals surface area contributed by atoms with E-state index in [4.69, 9.17) is 9.20 Å².